The summed E-state index contributed by atoms with van der Waals surface area (Å²) in [6.45, 7) is 4.31. The number of likely N-dealkylation sites (tertiary alicyclic amines) is 1. The molecule has 18 heavy (non-hydrogen) atoms. The van der Waals surface area contributed by atoms with Crippen LogP contribution in [0, 0.1) is 5.92 Å². The Labute approximate surface area is 109 Å². The Morgan fingerprint density at radius 2 is 2.11 bits per heavy atom. The van der Waals surface area contributed by atoms with Crippen LogP contribution in [-0.4, -0.2) is 49.1 Å². The Hall–Kier alpha value is -0.610. The summed E-state index contributed by atoms with van der Waals surface area (Å²) < 4.78 is 0. The molecule has 1 aliphatic carbocycles. The average molecular weight is 251 g/mol. The average Bonchev–Trinajstić information content (AvgIpc) is 3.16. The molecule has 4 nitrogen and oxygen atoms in total. The lowest BCUT2D eigenvalue weighted by atomic mass is 10.0. The Kier molecular flexibility index (Phi) is 3.85. The molecule has 0 aromatic heterocycles. The largest absolute Gasteiger partial charge is 0.354 e. The predicted octanol–water partition coefficient (Wildman–Crippen LogP) is 0.729. The second-order valence-corrected chi connectivity index (χ2v) is 6.13. The van der Waals surface area contributed by atoms with E-state index in [2.05, 4.69) is 15.5 Å². The maximum Gasteiger partial charge on any atom is 0.237 e. The van der Waals surface area contributed by atoms with Crippen LogP contribution in [0.15, 0.2) is 0 Å². The molecule has 0 spiro atoms. The van der Waals surface area contributed by atoms with Crippen LogP contribution in [-0.2, 0) is 4.79 Å². The van der Waals surface area contributed by atoms with Crippen LogP contribution in [0.3, 0.4) is 0 Å². The van der Waals surface area contributed by atoms with Crippen LogP contribution in [0.2, 0.25) is 0 Å². The number of carbonyl (C=O) groups is 1. The van der Waals surface area contributed by atoms with Gasteiger partial charge in [-0.3, -0.25) is 4.79 Å². The second kappa shape index (κ2) is 5.57. The first-order valence-electron chi connectivity index (χ1n) is 7.58. The van der Waals surface area contributed by atoms with Crippen LogP contribution in [0.5, 0.6) is 0 Å². The first-order valence-corrected chi connectivity index (χ1v) is 7.58. The molecule has 1 unspecified atom stereocenters. The standard InChI is InChI=1S/C14H25N3O/c18-14(13-3-1-2-7-15-13)16-9-11-6-8-17(10-11)12-4-5-12/h11-13,15H,1-10H2,(H,16,18)/t11?,13-/m0/s1. The Morgan fingerprint density at radius 3 is 2.83 bits per heavy atom. The molecule has 0 radical (unpaired) electrons. The van der Waals surface area contributed by atoms with Gasteiger partial charge in [0.05, 0.1) is 6.04 Å². The lowest BCUT2D eigenvalue weighted by Gasteiger charge is -2.23. The zero-order chi connectivity index (χ0) is 12.4. The highest BCUT2D eigenvalue weighted by Gasteiger charge is 2.34. The van der Waals surface area contributed by atoms with E-state index < -0.39 is 0 Å². The number of nitrogens with one attached hydrogen (secondary N) is 2. The van der Waals surface area contributed by atoms with Gasteiger partial charge in [-0.15, -0.1) is 0 Å². The van der Waals surface area contributed by atoms with Crippen LogP contribution < -0.4 is 10.6 Å². The van der Waals surface area contributed by atoms with Crippen molar-refractivity contribution < 1.29 is 4.79 Å². The topological polar surface area (TPSA) is 44.4 Å². The number of piperidine rings is 1. The zero-order valence-corrected chi connectivity index (χ0v) is 11.2. The smallest absolute Gasteiger partial charge is 0.237 e. The summed E-state index contributed by atoms with van der Waals surface area (Å²) in [6.07, 6.45) is 7.45. The number of nitrogens with zero attached hydrogens (tertiary/aromatic N) is 1. The highest BCUT2D eigenvalue weighted by atomic mass is 16.2. The molecule has 3 aliphatic rings. The second-order valence-electron chi connectivity index (χ2n) is 6.13. The van der Waals surface area contributed by atoms with E-state index in [0.29, 0.717) is 5.92 Å². The first kappa shape index (κ1) is 12.4. The number of hydrogen-bond acceptors (Lipinski definition) is 3. The van der Waals surface area contributed by atoms with Crippen LogP contribution in [0.25, 0.3) is 0 Å². The van der Waals surface area contributed by atoms with Gasteiger partial charge in [0.25, 0.3) is 0 Å². The molecule has 2 atom stereocenters. The van der Waals surface area contributed by atoms with Crippen molar-refractivity contribution >= 4 is 5.91 Å². The van der Waals surface area contributed by atoms with Crippen molar-refractivity contribution in [3.05, 3.63) is 0 Å². The van der Waals surface area contributed by atoms with Gasteiger partial charge in [-0.1, -0.05) is 6.42 Å². The molecule has 2 aliphatic heterocycles. The molecule has 2 N–H and O–H groups in total. The molecule has 0 bridgehead atoms. The molecule has 0 aromatic carbocycles. The number of amides is 1. The van der Waals surface area contributed by atoms with Crippen molar-refractivity contribution in [1.82, 2.24) is 15.5 Å². The van der Waals surface area contributed by atoms with Crippen molar-refractivity contribution in [2.24, 2.45) is 5.92 Å². The fraction of sp³-hybridized carbons (Fsp3) is 0.929. The van der Waals surface area contributed by atoms with Crippen molar-refractivity contribution in [2.45, 2.75) is 50.6 Å². The normalized spacial score (nSPS) is 33.6. The van der Waals surface area contributed by atoms with Crippen LogP contribution in [0.4, 0.5) is 0 Å². The minimum atomic E-state index is 0.0692. The summed E-state index contributed by atoms with van der Waals surface area (Å²) in [5.41, 5.74) is 0. The third kappa shape index (κ3) is 3.04. The molecule has 0 aromatic rings. The van der Waals surface area contributed by atoms with Gasteiger partial charge in [-0.05, 0) is 51.1 Å². The van der Waals surface area contributed by atoms with E-state index in [1.54, 1.807) is 0 Å². The highest BCUT2D eigenvalue weighted by molar-refractivity contribution is 5.81. The molecule has 3 fully saturated rings. The fourth-order valence-corrected chi connectivity index (χ4v) is 3.24. The molecule has 1 saturated carbocycles. The van der Waals surface area contributed by atoms with E-state index in [0.717, 1.165) is 25.6 Å². The van der Waals surface area contributed by atoms with Gasteiger partial charge in [-0.25, -0.2) is 0 Å². The van der Waals surface area contributed by atoms with Crippen LogP contribution >= 0.6 is 0 Å². The molecule has 4 heteroatoms. The molecule has 3 rings (SSSR count). The summed E-state index contributed by atoms with van der Waals surface area (Å²) in [4.78, 5) is 14.6. The minimum Gasteiger partial charge on any atom is -0.354 e. The summed E-state index contributed by atoms with van der Waals surface area (Å²) in [6, 6.07) is 0.949. The first-order chi connectivity index (χ1) is 8.83. The maximum absolute atomic E-state index is 12.0. The molecule has 1 amide bonds. The van der Waals surface area contributed by atoms with E-state index in [-0.39, 0.29) is 11.9 Å². The molecule has 102 valence electrons. The monoisotopic (exact) mass is 251 g/mol. The quantitative estimate of drug-likeness (QED) is 0.774. The molecule has 2 saturated heterocycles. The van der Waals surface area contributed by atoms with Gasteiger partial charge >= 0.3 is 0 Å². The highest BCUT2D eigenvalue weighted by Crippen LogP contribution is 2.31. The number of rotatable bonds is 4. The van der Waals surface area contributed by atoms with E-state index in [1.807, 2.05) is 0 Å². The lowest BCUT2D eigenvalue weighted by molar-refractivity contribution is -0.123. The number of hydrogen-bond donors (Lipinski definition) is 2. The molecular weight excluding hydrogens is 226 g/mol. The molecule has 2 heterocycles. The van der Waals surface area contributed by atoms with Crippen molar-refractivity contribution in [3.8, 4) is 0 Å². The van der Waals surface area contributed by atoms with Crippen molar-refractivity contribution in [1.29, 1.82) is 0 Å². The van der Waals surface area contributed by atoms with E-state index in [9.17, 15) is 4.79 Å². The van der Waals surface area contributed by atoms with Crippen molar-refractivity contribution in [3.63, 3.8) is 0 Å². The van der Waals surface area contributed by atoms with Gasteiger partial charge in [0.2, 0.25) is 5.91 Å². The third-order valence-electron chi connectivity index (χ3n) is 4.57. The molecular formula is C14H25N3O. The summed E-state index contributed by atoms with van der Waals surface area (Å²) in [5.74, 6) is 0.901. The minimum absolute atomic E-state index is 0.0692. The third-order valence-corrected chi connectivity index (χ3v) is 4.57. The summed E-state index contributed by atoms with van der Waals surface area (Å²) >= 11 is 0. The van der Waals surface area contributed by atoms with Gasteiger partial charge in [0, 0.05) is 19.1 Å². The van der Waals surface area contributed by atoms with Crippen molar-refractivity contribution in [2.75, 3.05) is 26.2 Å². The lowest BCUT2D eigenvalue weighted by Crippen LogP contribution is -2.47. The number of carbonyl (C=O) groups excluding carboxylic acids is 1. The van der Waals surface area contributed by atoms with E-state index in [1.165, 1.54) is 45.2 Å². The van der Waals surface area contributed by atoms with E-state index in [4.69, 9.17) is 0 Å². The van der Waals surface area contributed by atoms with Gasteiger partial charge in [0.15, 0.2) is 0 Å². The fourth-order valence-electron chi connectivity index (χ4n) is 3.24. The van der Waals surface area contributed by atoms with Gasteiger partial charge < -0.3 is 15.5 Å². The van der Waals surface area contributed by atoms with E-state index >= 15 is 0 Å². The Balaban J connectivity index is 1.37. The summed E-state index contributed by atoms with van der Waals surface area (Å²) in [7, 11) is 0. The maximum atomic E-state index is 12.0. The zero-order valence-electron chi connectivity index (χ0n) is 11.2. The Bertz CT molecular complexity index is 297. The predicted molar refractivity (Wildman–Crippen MR) is 71.4 cm³/mol. The Morgan fingerprint density at radius 1 is 1.22 bits per heavy atom. The SMILES string of the molecule is O=C(NCC1CCN(C2CC2)C1)[C@@H]1CCCCN1. The van der Waals surface area contributed by atoms with Crippen LogP contribution in [0.1, 0.15) is 38.5 Å². The van der Waals surface area contributed by atoms with Gasteiger partial charge in [0.1, 0.15) is 0 Å². The van der Waals surface area contributed by atoms with Gasteiger partial charge in [-0.2, -0.15) is 0 Å². The summed E-state index contributed by atoms with van der Waals surface area (Å²) in [5, 5.41) is 6.45.